The summed E-state index contributed by atoms with van der Waals surface area (Å²) in [6, 6.07) is 0. The van der Waals surface area contributed by atoms with Crippen LogP contribution in [-0.2, 0) is 0 Å². The normalized spacial score (nSPS) is 13.6. The number of hydrogen-bond donors (Lipinski definition) is 3. The summed E-state index contributed by atoms with van der Waals surface area (Å²) < 4.78 is 0. The number of anilines is 1. The average molecular weight is 225 g/mol. The number of amidine groups is 1. The van der Waals surface area contributed by atoms with Crippen molar-refractivity contribution in [1.29, 1.82) is 0 Å². The molecule has 0 radical (unpaired) electrons. The number of rotatable bonds is 4. The fourth-order valence-corrected chi connectivity index (χ4v) is 1.19. The molecule has 16 heavy (non-hydrogen) atoms. The van der Waals surface area contributed by atoms with Crippen LogP contribution in [0.2, 0.25) is 0 Å². The summed E-state index contributed by atoms with van der Waals surface area (Å²) >= 11 is 0. The van der Waals surface area contributed by atoms with Crippen molar-refractivity contribution in [3.63, 3.8) is 0 Å². The van der Waals surface area contributed by atoms with Gasteiger partial charge in [0, 0.05) is 13.6 Å². The van der Waals surface area contributed by atoms with Crippen LogP contribution in [0.25, 0.3) is 0 Å². The minimum Gasteiger partial charge on any atom is -0.409 e. The van der Waals surface area contributed by atoms with Crippen molar-refractivity contribution in [2.75, 3.05) is 18.5 Å². The quantitative estimate of drug-likeness (QED) is 0.273. The van der Waals surface area contributed by atoms with Crippen molar-refractivity contribution in [1.82, 2.24) is 9.97 Å². The van der Waals surface area contributed by atoms with E-state index >= 15 is 0 Å². The molecular weight excluding hydrogens is 210 g/mol. The summed E-state index contributed by atoms with van der Waals surface area (Å²) in [6.07, 6.45) is 2.45. The van der Waals surface area contributed by atoms with Gasteiger partial charge in [0.05, 0.1) is 18.5 Å². The van der Waals surface area contributed by atoms with Gasteiger partial charge >= 0.3 is 0 Å². The number of hydrogen-bond acceptors (Lipinski definition) is 6. The van der Waals surface area contributed by atoms with Crippen LogP contribution >= 0.6 is 0 Å². The number of nitrogens with zero attached hydrogens (tertiary/aromatic N) is 4. The van der Waals surface area contributed by atoms with Gasteiger partial charge in [0.15, 0.2) is 5.84 Å². The zero-order valence-electron chi connectivity index (χ0n) is 9.20. The van der Waals surface area contributed by atoms with E-state index in [9.17, 15) is 5.11 Å². The second-order valence-electron chi connectivity index (χ2n) is 3.47. The summed E-state index contributed by atoms with van der Waals surface area (Å²) in [5, 5.41) is 20.5. The highest BCUT2D eigenvalue weighted by atomic mass is 16.4. The van der Waals surface area contributed by atoms with E-state index in [0.29, 0.717) is 18.1 Å². The highest BCUT2D eigenvalue weighted by Crippen LogP contribution is 2.07. The monoisotopic (exact) mass is 225 g/mol. The maximum atomic E-state index is 9.20. The summed E-state index contributed by atoms with van der Waals surface area (Å²) in [7, 11) is 1.79. The summed E-state index contributed by atoms with van der Waals surface area (Å²) in [6.45, 7) is 2.15. The first-order valence-corrected chi connectivity index (χ1v) is 4.73. The van der Waals surface area contributed by atoms with Gasteiger partial charge in [-0.15, -0.1) is 0 Å². The van der Waals surface area contributed by atoms with Crippen LogP contribution in [0.4, 0.5) is 5.82 Å². The molecule has 0 aliphatic heterocycles. The molecule has 0 bridgehead atoms. The Morgan fingerprint density at radius 1 is 1.56 bits per heavy atom. The molecule has 0 aliphatic carbocycles. The first-order chi connectivity index (χ1) is 7.54. The SMILES string of the molecule is CC(O)CN(C)c1cnc(C(N)=NO)cn1. The van der Waals surface area contributed by atoms with Gasteiger partial charge in [-0.05, 0) is 6.92 Å². The average Bonchev–Trinajstić information content (AvgIpc) is 2.27. The second kappa shape index (κ2) is 5.26. The van der Waals surface area contributed by atoms with Gasteiger partial charge in [0.25, 0.3) is 0 Å². The minimum atomic E-state index is -0.449. The summed E-state index contributed by atoms with van der Waals surface area (Å²) in [5.41, 5.74) is 5.65. The van der Waals surface area contributed by atoms with Crippen molar-refractivity contribution in [2.45, 2.75) is 13.0 Å². The molecule has 0 saturated carbocycles. The number of aromatic nitrogens is 2. The van der Waals surface area contributed by atoms with Crippen molar-refractivity contribution in [3.8, 4) is 0 Å². The predicted octanol–water partition coefficient (Wildman–Crippen LogP) is -0.612. The molecular formula is C9H15N5O2. The molecule has 0 aliphatic rings. The number of likely N-dealkylation sites (N-methyl/N-ethyl adjacent to an activating group) is 1. The van der Waals surface area contributed by atoms with E-state index in [4.69, 9.17) is 10.9 Å². The molecule has 1 rings (SSSR count). The van der Waals surface area contributed by atoms with E-state index in [2.05, 4.69) is 15.1 Å². The molecule has 0 fully saturated rings. The topological polar surface area (TPSA) is 108 Å². The lowest BCUT2D eigenvalue weighted by atomic mass is 10.3. The second-order valence-corrected chi connectivity index (χ2v) is 3.47. The molecule has 1 heterocycles. The Bertz CT molecular complexity index is 363. The van der Waals surface area contributed by atoms with Crippen LogP contribution in [0.1, 0.15) is 12.6 Å². The molecule has 7 nitrogen and oxygen atoms in total. The molecule has 7 heteroatoms. The van der Waals surface area contributed by atoms with E-state index in [1.165, 1.54) is 12.4 Å². The Balaban J connectivity index is 2.78. The number of oxime groups is 1. The fraction of sp³-hybridized carbons (Fsp3) is 0.444. The fourth-order valence-electron chi connectivity index (χ4n) is 1.19. The minimum absolute atomic E-state index is 0.0859. The van der Waals surface area contributed by atoms with Crippen LogP contribution in [0.5, 0.6) is 0 Å². The van der Waals surface area contributed by atoms with E-state index in [-0.39, 0.29) is 5.84 Å². The molecule has 4 N–H and O–H groups in total. The summed E-state index contributed by atoms with van der Waals surface area (Å²) in [4.78, 5) is 9.81. The van der Waals surface area contributed by atoms with Gasteiger partial charge in [-0.2, -0.15) is 0 Å². The van der Waals surface area contributed by atoms with Crippen molar-refractivity contribution in [3.05, 3.63) is 18.1 Å². The van der Waals surface area contributed by atoms with Gasteiger partial charge < -0.3 is 20.9 Å². The molecule has 1 aromatic heterocycles. The molecule has 88 valence electrons. The first kappa shape index (κ1) is 12.2. The van der Waals surface area contributed by atoms with Crippen LogP contribution in [0, 0.1) is 0 Å². The Kier molecular flexibility index (Phi) is 4.01. The van der Waals surface area contributed by atoms with Crippen LogP contribution in [0.3, 0.4) is 0 Å². The highest BCUT2D eigenvalue weighted by molar-refractivity contribution is 5.94. The van der Waals surface area contributed by atoms with Gasteiger partial charge in [-0.25, -0.2) is 9.97 Å². The standard InChI is InChI=1S/C9H15N5O2/c1-6(15)5-14(2)8-4-11-7(3-12-8)9(10)13-16/h3-4,6,15-16H,5H2,1-2H3,(H2,10,13). The van der Waals surface area contributed by atoms with Gasteiger partial charge in [-0.3, -0.25) is 0 Å². The van der Waals surface area contributed by atoms with Crippen molar-refractivity contribution < 1.29 is 10.3 Å². The third-order valence-electron chi connectivity index (χ3n) is 1.94. The lowest BCUT2D eigenvalue weighted by Crippen LogP contribution is -2.28. The molecule has 0 saturated heterocycles. The van der Waals surface area contributed by atoms with Gasteiger partial charge in [0.2, 0.25) is 0 Å². The highest BCUT2D eigenvalue weighted by Gasteiger charge is 2.07. The molecule has 1 aromatic rings. The van der Waals surface area contributed by atoms with Gasteiger partial charge in [0.1, 0.15) is 11.5 Å². The Labute approximate surface area is 93.2 Å². The predicted molar refractivity (Wildman–Crippen MR) is 59.5 cm³/mol. The first-order valence-electron chi connectivity index (χ1n) is 4.73. The maximum absolute atomic E-state index is 9.20. The van der Waals surface area contributed by atoms with Crippen LogP contribution in [-0.4, -0.2) is 45.8 Å². The maximum Gasteiger partial charge on any atom is 0.190 e. The lowest BCUT2D eigenvalue weighted by Gasteiger charge is -2.19. The Morgan fingerprint density at radius 3 is 2.69 bits per heavy atom. The largest absolute Gasteiger partial charge is 0.409 e. The van der Waals surface area contributed by atoms with Gasteiger partial charge in [-0.1, -0.05) is 5.16 Å². The van der Waals surface area contributed by atoms with E-state index in [0.717, 1.165) is 0 Å². The van der Waals surface area contributed by atoms with Crippen LogP contribution in [0.15, 0.2) is 17.5 Å². The molecule has 0 aromatic carbocycles. The lowest BCUT2D eigenvalue weighted by molar-refractivity contribution is 0.201. The number of aliphatic hydroxyl groups excluding tert-OH is 1. The van der Waals surface area contributed by atoms with E-state index in [1.54, 1.807) is 18.9 Å². The summed E-state index contributed by atoms with van der Waals surface area (Å²) in [5.74, 6) is 0.521. The third kappa shape index (κ3) is 3.06. The van der Waals surface area contributed by atoms with E-state index in [1.807, 2.05) is 0 Å². The van der Waals surface area contributed by atoms with Crippen molar-refractivity contribution >= 4 is 11.7 Å². The molecule has 1 atom stereocenters. The van der Waals surface area contributed by atoms with E-state index < -0.39 is 6.10 Å². The molecule has 0 amide bonds. The Morgan fingerprint density at radius 2 is 2.25 bits per heavy atom. The smallest absolute Gasteiger partial charge is 0.190 e. The zero-order valence-corrected chi connectivity index (χ0v) is 9.20. The number of nitrogens with two attached hydrogens (primary N) is 1. The van der Waals surface area contributed by atoms with Crippen LogP contribution < -0.4 is 10.6 Å². The molecule has 1 unspecified atom stereocenters. The Hall–Kier alpha value is -1.89. The molecule has 0 spiro atoms. The third-order valence-corrected chi connectivity index (χ3v) is 1.94. The van der Waals surface area contributed by atoms with Crippen molar-refractivity contribution in [2.24, 2.45) is 10.9 Å². The zero-order chi connectivity index (χ0) is 12.1. The number of aliphatic hydroxyl groups is 1.